The predicted octanol–water partition coefficient (Wildman–Crippen LogP) is 1.69. The average Bonchev–Trinajstić information content (AvgIpc) is 2.93. The van der Waals surface area contributed by atoms with Gasteiger partial charge in [-0.25, -0.2) is 8.42 Å². The van der Waals surface area contributed by atoms with Gasteiger partial charge in [0.15, 0.2) is 15.8 Å². The lowest BCUT2D eigenvalue weighted by molar-refractivity contribution is -0.121. The van der Waals surface area contributed by atoms with Crippen LogP contribution < -0.4 is 10.6 Å². The van der Waals surface area contributed by atoms with Crippen molar-refractivity contribution in [2.45, 2.75) is 25.4 Å². The van der Waals surface area contributed by atoms with E-state index >= 15 is 0 Å². The minimum atomic E-state index is -3.00. The van der Waals surface area contributed by atoms with E-state index in [1.807, 2.05) is 18.0 Å². The molecule has 1 fully saturated rings. The molecule has 10 heteroatoms. The van der Waals surface area contributed by atoms with Crippen LogP contribution in [0.4, 0.5) is 0 Å². The Morgan fingerprint density at radius 3 is 2.67 bits per heavy atom. The summed E-state index contributed by atoms with van der Waals surface area (Å²) in [4.78, 5) is 18.1. The summed E-state index contributed by atoms with van der Waals surface area (Å²) in [6.45, 7) is 0.965. The van der Waals surface area contributed by atoms with E-state index in [9.17, 15) is 13.2 Å². The molecule has 1 unspecified atom stereocenters. The van der Waals surface area contributed by atoms with Gasteiger partial charge in [0.2, 0.25) is 5.91 Å². The maximum atomic E-state index is 12.0. The first-order valence-corrected chi connectivity index (χ1v) is 11.1. The van der Waals surface area contributed by atoms with Crippen LogP contribution in [0.15, 0.2) is 23.2 Å². The molecule has 0 aliphatic carbocycles. The smallest absolute Gasteiger partial charge is 0.222 e. The maximum absolute atomic E-state index is 12.0. The van der Waals surface area contributed by atoms with Gasteiger partial charge in [0.25, 0.3) is 0 Å². The van der Waals surface area contributed by atoms with Crippen LogP contribution in [0, 0.1) is 0 Å². The van der Waals surface area contributed by atoms with E-state index in [1.165, 1.54) is 0 Å². The van der Waals surface area contributed by atoms with Crippen LogP contribution >= 0.6 is 23.2 Å². The Morgan fingerprint density at radius 2 is 2.07 bits per heavy atom. The average molecular weight is 435 g/mol. The quantitative estimate of drug-likeness (QED) is 0.524. The van der Waals surface area contributed by atoms with E-state index in [0.717, 1.165) is 5.56 Å². The van der Waals surface area contributed by atoms with E-state index in [-0.39, 0.29) is 29.9 Å². The Balaban J connectivity index is 1.77. The number of carbonyl (C=O) groups excluding carboxylic acids is 1. The van der Waals surface area contributed by atoms with Crippen molar-refractivity contribution < 1.29 is 13.2 Å². The number of guanidine groups is 1. The van der Waals surface area contributed by atoms with Gasteiger partial charge in [-0.05, 0) is 24.1 Å². The van der Waals surface area contributed by atoms with Gasteiger partial charge in [0, 0.05) is 39.6 Å². The first-order chi connectivity index (χ1) is 12.7. The summed E-state index contributed by atoms with van der Waals surface area (Å²) in [5, 5.41) is 6.90. The van der Waals surface area contributed by atoms with Gasteiger partial charge in [-0.3, -0.25) is 9.79 Å². The molecule has 2 N–H and O–H groups in total. The van der Waals surface area contributed by atoms with Crippen molar-refractivity contribution in [3.8, 4) is 0 Å². The Labute approximate surface area is 170 Å². The zero-order chi connectivity index (χ0) is 20.0. The molecule has 1 atom stereocenters. The van der Waals surface area contributed by atoms with Crippen molar-refractivity contribution in [3.63, 3.8) is 0 Å². The molecule has 1 saturated heterocycles. The zero-order valence-electron chi connectivity index (χ0n) is 15.3. The second-order valence-electron chi connectivity index (χ2n) is 6.50. The predicted molar refractivity (Wildman–Crippen MR) is 109 cm³/mol. The SMILES string of the molecule is CN=C(NCCC(=O)NC1CCS(=O)(=O)C1)N(C)Cc1ccc(Cl)c(Cl)c1. The van der Waals surface area contributed by atoms with Gasteiger partial charge < -0.3 is 15.5 Å². The molecule has 1 heterocycles. The number of rotatable bonds is 6. The molecule has 7 nitrogen and oxygen atoms in total. The van der Waals surface area contributed by atoms with E-state index in [2.05, 4.69) is 15.6 Å². The molecule has 150 valence electrons. The standard InChI is InChI=1S/C17H24Cl2N4O3S/c1-20-17(23(2)10-12-3-4-14(18)15(19)9-12)21-7-5-16(24)22-13-6-8-27(25,26)11-13/h3-4,9,13H,5-8,10-11H2,1-2H3,(H,20,21)(H,22,24). The fourth-order valence-corrected chi connectivity index (χ4v) is 4.86. The normalized spacial score (nSPS) is 19.0. The molecule has 0 radical (unpaired) electrons. The fourth-order valence-electron chi connectivity index (χ4n) is 2.87. The largest absolute Gasteiger partial charge is 0.356 e. The van der Waals surface area contributed by atoms with Gasteiger partial charge in [-0.15, -0.1) is 0 Å². The molecule has 0 aromatic heterocycles. The third-order valence-corrected chi connectivity index (χ3v) is 6.72. The zero-order valence-corrected chi connectivity index (χ0v) is 17.7. The third-order valence-electron chi connectivity index (χ3n) is 4.21. The summed E-state index contributed by atoms with van der Waals surface area (Å²) in [6.07, 6.45) is 0.714. The molecule has 1 aliphatic rings. The van der Waals surface area contributed by atoms with Crippen molar-refractivity contribution in [1.29, 1.82) is 0 Å². The van der Waals surface area contributed by atoms with Crippen molar-refractivity contribution in [3.05, 3.63) is 33.8 Å². The van der Waals surface area contributed by atoms with Crippen LogP contribution in [0.3, 0.4) is 0 Å². The molecule has 27 heavy (non-hydrogen) atoms. The molecular weight excluding hydrogens is 411 g/mol. The molecular formula is C17H24Cl2N4O3S. The summed E-state index contributed by atoms with van der Waals surface area (Å²) in [5.74, 6) is 0.632. The van der Waals surface area contributed by atoms with E-state index in [1.54, 1.807) is 19.2 Å². The molecule has 1 aliphatic heterocycles. The lowest BCUT2D eigenvalue weighted by Crippen LogP contribution is -2.41. The van der Waals surface area contributed by atoms with E-state index in [0.29, 0.717) is 35.5 Å². The van der Waals surface area contributed by atoms with Crippen molar-refractivity contribution in [2.75, 3.05) is 32.1 Å². The molecule has 0 saturated carbocycles. The Bertz CT molecular complexity index is 814. The van der Waals surface area contributed by atoms with E-state index < -0.39 is 9.84 Å². The number of benzene rings is 1. The number of halogens is 2. The summed E-state index contributed by atoms with van der Waals surface area (Å²) < 4.78 is 22.9. The van der Waals surface area contributed by atoms with Crippen molar-refractivity contribution >= 4 is 44.9 Å². The second kappa shape index (κ2) is 9.61. The van der Waals surface area contributed by atoms with Crippen LogP contribution in [0.25, 0.3) is 0 Å². The van der Waals surface area contributed by atoms with E-state index in [4.69, 9.17) is 23.2 Å². The van der Waals surface area contributed by atoms with Gasteiger partial charge in [0.1, 0.15) is 0 Å². The molecule has 1 aromatic rings. The lowest BCUT2D eigenvalue weighted by Gasteiger charge is -2.22. The van der Waals surface area contributed by atoms with Crippen LogP contribution in [0.1, 0.15) is 18.4 Å². The number of hydrogen-bond acceptors (Lipinski definition) is 4. The molecule has 1 amide bonds. The number of amides is 1. The Morgan fingerprint density at radius 1 is 1.33 bits per heavy atom. The topological polar surface area (TPSA) is 90.9 Å². The number of sulfone groups is 1. The van der Waals surface area contributed by atoms with Gasteiger partial charge in [-0.2, -0.15) is 0 Å². The third kappa shape index (κ3) is 6.86. The highest BCUT2D eigenvalue weighted by Crippen LogP contribution is 2.23. The fraction of sp³-hybridized carbons (Fsp3) is 0.529. The number of hydrogen-bond donors (Lipinski definition) is 2. The first kappa shape index (κ1) is 21.8. The molecule has 0 bridgehead atoms. The second-order valence-corrected chi connectivity index (χ2v) is 9.54. The summed E-state index contributed by atoms with van der Waals surface area (Å²) in [6, 6.07) is 5.16. The van der Waals surface area contributed by atoms with Gasteiger partial charge in [0.05, 0.1) is 21.6 Å². The summed E-state index contributed by atoms with van der Waals surface area (Å²) in [5.41, 5.74) is 0.982. The lowest BCUT2D eigenvalue weighted by atomic mass is 10.2. The van der Waals surface area contributed by atoms with Crippen molar-refractivity contribution in [2.24, 2.45) is 4.99 Å². The number of aliphatic imine (C=N–C) groups is 1. The van der Waals surface area contributed by atoms with Gasteiger partial charge in [-0.1, -0.05) is 29.3 Å². The minimum absolute atomic E-state index is 0.0280. The molecule has 2 rings (SSSR count). The van der Waals surface area contributed by atoms with Crippen LogP contribution in [-0.4, -0.2) is 63.4 Å². The highest BCUT2D eigenvalue weighted by molar-refractivity contribution is 7.91. The van der Waals surface area contributed by atoms with Crippen LogP contribution in [-0.2, 0) is 21.2 Å². The summed E-state index contributed by atoms with van der Waals surface area (Å²) >= 11 is 12.0. The number of nitrogens with zero attached hydrogens (tertiary/aromatic N) is 2. The monoisotopic (exact) mass is 434 g/mol. The highest BCUT2D eigenvalue weighted by atomic mass is 35.5. The van der Waals surface area contributed by atoms with Crippen LogP contribution in [0.5, 0.6) is 0 Å². The van der Waals surface area contributed by atoms with Crippen LogP contribution in [0.2, 0.25) is 10.0 Å². The number of nitrogens with one attached hydrogen (secondary N) is 2. The Kier molecular flexibility index (Phi) is 7.76. The number of carbonyl (C=O) groups is 1. The first-order valence-electron chi connectivity index (χ1n) is 8.55. The molecule has 1 aromatic carbocycles. The minimum Gasteiger partial charge on any atom is -0.356 e. The van der Waals surface area contributed by atoms with Crippen molar-refractivity contribution in [1.82, 2.24) is 15.5 Å². The maximum Gasteiger partial charge on any atom is 0.222 e. The highest BCUT2D eigenvalue weighted by Gasteiger charge is 2.28. The van der Waals surface area contributed by atoms with Gasteiger partial charge >= 0.3 is 0 Å². The Hall–Kier alpha value is -1.51. The molecule has 0 spiro atoms. The summed E-state index contributed by atoms with van der Waals surface area (Å²) in [7, 11) is 0.541.